The smallest absolute Gasteiger partial charge is 0.161 e. The highest BCUT2D eigenvalue weighted by atomic mass is 16.5. The molecule has 6 heteroatoms. The standard InChI is InChI=1S/C27H30O6/c1-7-31-25-13-19-16(10-22(25)28-4)20-14-26(32-8-2)24(30-6)12-18(20)21-15-27(33-9-3)23(29-5)11-17(19)21/h10-15H,7-9H2,1-6H3. The monoisotopic (exact) mass is 450 g/mol. The van der Waals surface area contributed by atoms with Crippen molar-refractivity contribution in [2.24, 2.45) is 0 Å². The minimum atomic E-state index is 0.539. The van der Waals surface area contributed by atoms with Crippen LogP contribution in [0.5, 0.6) is 34.5 Å². The molecular formula is C27H30O6. The maximum Gasteiger partial charge on any atom is 0.161 e. The van der Waals surface area contributed by atoms with Gasteiger partial charge in [-0.15, -0.1) is 0 Å². The zero-order chi connectivity index (χ0) is 23.5. The largest absolute Gasteiger partial charge is 0.493 e. The van der Waals surface area contributed by atoms with Gasteiger partial charge in [0.25, 0.3) is 0 Å². The average molecular weight is 451 g/mol. The number of methoxy groups -OCH3 is 3. The van der Waals surface area contributed by atoms with Gasteiger partial charge in [0.2, 0.25) is 0 Å². The number of ether oxygens (including phenoxy) is 6. The van der Waals surface area contributed by atoms with Gasteiger partial charge >= 0.3 is 0 Å². The van der Waals surface area contributed by atoms with Crippen molar-refractivity contribution in [1.82, 2.24) is 0 Å². The minimum absolute atomic E-state index is 0.539. The summed E-state index contributed by atoms with van der Waals surface area (Å²) < 4.78 is 34.6. The zero-order valence-corrected chi connectivity index (χ0v) is 20.0. The van der Waals surface area contributed by atoms with E-state index >= 15 is 0 Å². The van der Waals surface area contributed by atoms with Crippen LogP contribution in [0.1, 0.15) is 20.8 Å². The summed E-state index contributed by atoms with van der Waals surface area (Å²) in [6.45, 7) is 7.49. The lowest BCUT2D eigenvalue weighted by Crippen LogP contribution is -1.99. The number of rotatable bonds is 9. The summed E-state index contributed by atoms with van der Waals surface area (Å²) >= 11 is 0. The fourth-order valence-electron chi connectivity index (χ4n) is 4.30. The Morgan fingerprint density at radius 1 is 0.394 bits per heavy atom. The Labute approximate surface area is 193 Å². The van der Waals surface area contributed by atoms with Crippen LogP contribution < -0.4 is 28.4 Å². The molecule has 0 aromatic heterocycles. The first-order valence-corrected chi connectivity index (χ1v) is 11.2. The quantitative estimate of drug-likeness (QED) is 0.276. The van der Waals surface area contributed by atoms with Crippen molar-refractivity contribution in [3.63, 3.8) is 0 Å². The topological polar surface area (TPSA) is 55.4 Å². The van der Waals surface area contributed by atoms with Crippen LogP contribution in [-0.2, 0) is 0 Å². The van der Waals surface area contributed by atoms with Gasteiger partial charge in [0.15, 0.2) is 34.5 Å². The van der Waals surface area contributed by atoms with Crippen LogP contribution in [0.25, 0.3) is 32.3 Å². The molecule has 0 unspecified atom stereocenters. The van der Waals surface area contributed by atoms with E-state index in [0.717, 1.165) is 32.3 Å². The maximum atomic E-state index is 5.89. The third-order valence-corrected chi connectivity index (χ3v) is 5.68. The Morgan fingerprint density at radius 3 is 0.788 bits per heavy atom. The molecule has 0 fully saturated rings. The van der Waals surface area contributed by atoms with Gasteiger partial charge in [-0.05, 0) is 89.5 Å². The van der Waals surface area contributed by atoms with E-state index in [-0.39, 0.29) is 0 Å². The molecule has 0 aliphatic rings. The molecule has 4 rings (SSSR count). The molecule has 0 N–H and O–H groups in total. The first-order chi connectivity index (χ1) is 16.1. The van der Waals surface area contributed by atoms with E-state index in [2.05, 4.69) is 0 Å². The summed E-state index contributed by atoms with van der Waals surface area (Å²) in [4.78, 5) is 0. The number of hydrogen-bond acceptors (Lipinski definition) is 6. The van der Waals surface area contributed by atoms with E-state index in [1.54, 1.807) is 21.3 Å². The lowest BCUT2D eigenvalue weighted by molar-refractivity contribution is 0.311. The molecule has 0 atom stereocenters. The van der Waals surface area contributed by atoms with Crippen LogP contribution in [-0.4, -0.2) is 41.2 Å². The van der Waals surface area contributed by atoms with Gasteiger partial charge in [0, 0.05) is 0 Å². The van der Waals surface area contributed by atoms with Crippen LogP contribution >= 0.6 is 0 Å². The summed E-state index contributed by atoms with van der Waals surface area (Å²) in [6.07, 6.45) is 0. The van der Waals surface area contributed by atoms with Crippen LogP contribution in [0.2, 0.25) is 0 Å². The van der Waals surface area contributed by atoms with Gasteiger partial charge in [-0.1, -0.05) is 0 Å². The average Bonchev–Trinajstić information content (AvgIpc) is 2.83. The fraction of sp³-hybridized carbons (Fsp3) is 0.333. The van der Waals surface area contributed by atoms with Crippen molar-refractivity contribution < 1.29 is 28.4 Å². The van der Waals surface area contributed by atoms with E-state index in [1.165, 1.54) is 0 Å². The molecule has 0 amide bonds. The minimum Gasteiger partial charge on any atom is -0.493 e. The highest BCUT2D eigenvalue weighted by molar-refractivity contribution is 6.26. The second-order valence-electron chi connectivity index (χ2n) is 7.44. The van der Waals surface area contributed by atoms with Crippen molar-refractivity contribution in [2.75, 3.05) is 41.2 Å². The highest BCUT2D eigenvalue weighted by Crippen LogP contribution is 2.46. The van der Waals surface area contributed by atoms with Crippen molar-refractivity contribution in [3.8, 4) is 34.5 Å². The Balaban J connectivity index is 2.23. The lowest BCUT2D eigenvalue weighted by Gasteiger charge is -2.18. The predicted octanol–water partition coefficient (Wildman–Crippen LogP) is 6.37. The Bertz CT molecular complexity index is 1120. The van der Waals surface area contributed by atoms with E-state index in [1.807, 2.05) is 57.2 Å². The van der Waals surface area contributed by atoms with Crippen LogP contribution in [0.3, 0.4) is 0 Å². The first-order valence-electron chi connectivity index (χ1n) is 11.2. The maximum absolute atomic E-state index is 5.89. The molecule has 174 valence electrons. The van der Waals surface area contributed by atoms with Crippen LogP contribution in [0, 0.1) is 0 Å². The summed E-state index contributed by atoms with van der Waals surface area (Å²) in [5.74, 6) is 4.11. The molecule has 6 nitrogen and oxygen atoms in total. The second kappa shape index (κ2) is 9.53. The van der Waals surface area contributed by atoms with Gasteiger partial charge < -0.3 is 28.4 Å². The Hall–Kier alpha value is -3.54. The molecule has 0 radical (unpaired) electrons. The zero-order valence-electron chi connectivity index (χ0n) is 20.0. The van der Waals surface area contributed by atoms with Gasteiger partial charge in [-0.25, -0.2) is 0 Å². The molecule has 0 aliphatic heterocycles. The molecule has 33 heavy (non-hydrogen) atoms. The van der Waals surface area contributed by atoms with Crippen LogP contribution in [0.4, 0.5) is 0 Å². The van der Waals surface area contributed by atoms with Crippen molar-refractivity contribution >= 4 is 32.3 Å². The van der Waals surface area contributed by atoms with Crippen LogP contribution in [0.15, 0.2) is 36.4 Å². The fourth-order valence-corrected chi connectivity index (χ4v) is 4.30. The number of hydrogen-bond donors (Lipinski definition) is 0. The van der Waals surface area contributed by atoms with E-state index in [4.69, 9.17) is 28.4 Å². The van der Waals surface area contributed by atoms with Gasteiger partial charge in [-0.3, -0.25) is 0 Å². The molecule has 0 bridgehead atoms. The molecule has 0 saturated carbocycles. The number of benzene rings is 4. The summed E-state index contributed by atoms with van der Waals surface area (Å²) in [7, 11) is 4.96. The van der Waals surface area contributed by atoms with E-state index < -0.39 is 0 Å². The lowest BCUT2D eigenvalue weighted by atomic mass is 9.93. The third-order valence-electron chi connectivity index (χ3n) is 5.68. The molecule has 4 aromatic rings. The van der Waals surface area contributed by atoms with Crippen molar-refractivity contribution in [2.45, 2.75) is 20.8 Å². The Kier molecular flexibility index (Phi) is 6.54. The van der Waals surface area contributed by atoms with E-state index in [0.29, 0.717) is 54.3 Å². The number of fused-ring (bicyclic) bond motifs is 6. The molecule has 0 spiro atoms. The highest BCUT2D eigenvalue weighted by Gasteiger charge is 2.19. The summed E-state index contributed by atoms with van der Waals surface area (Å²) in [5, 5.41) is 6.13. The third kappa shape index (κ3) is 3.90. The predicted molar refractivity (Wildman–Crippen MR) is 132 cm³/mol. The molecule has 4 aromatic carbocycles. The van der Waals surface area contributed by atoms with Crippen molar-refractivity contribution in [1.29, 1.82) is 0 Å². The summed E-state index contributed by atoms with van der Waals surface area (Å²) in [6, 6.07) is 12.2. The molecule has 0 aliphatic carbocycles. The van der Waals surface area contributed by atoms with Crippen molar-refractivity contribution in [3.05, 3.63) is 36.4 Å². The van der Waals surface area contributed by atoms with E-state index in [9.17, 15) is 0 Å². The molecule has 0 saturated heterocycles. The van der Waals surface area contributed by atoms with Gasteiger partial charge in [-0.2, -0.15) is 0 Å². The second-order valence-corrected chi connectivity index (χ2v) is 7.44. The first kappa shape index (κ1) is 22.6. The Morgan fingerprint density at radius 2 is 0.606 bits per heavy atom. The van der Waals surface area contributed by atoms with Gasteiger partial charge in [0.1, 0.15) is 0 Å². The van der Waals surface area contributed by atoms with Gasteiger partial charge in [0.05, 0.1) is 41.2 Å². The SMILES string of the molecule is CCOc1cc2c(cc1OC)c1cc(OCC)c(OC)cc1c1cc(OCC)c(OC)cc21. The molecule has 0 heterocycles. The molecular weight excluding hydrogens is 420 g/mol. The normalized spacial score (nSPS) is 11.1. The summed E-state index contributed by atoms with van der Waals surface area (Å²) in [5.41, 5.74) is 0.